The molecule has 0 saturated carbocycles. The molecule has 10 nitrogen and oxygen atoms in total. The Kier molecular flexibility index (Phi) is 9.67. The van der Waals surface area contributed by atoms with E-state index in [2.05, 4.69) is 15.8 Å². The van der Waals surface area contributed by atoms with Gasteiger partial charge in [-0.05, 0) is 74.7 Å². The van der Waals surface area contributed by atoms with Crippen molar-refractivity contribution < 1.29 is 33.4 Å². The maximum Gasteiger partial charge on any atom is 0.353 e. The first kappa shape index (κ1) is 29.0. The second kappa shape index (κ2) is 13.4. The number of fused-ring (bicyclic) bond motifs is 1. The van der Waals surface area contributed by atoms with Gasteiger partial charge in [0.15, 0.2) is 11.5 Å². The van der Waals surface area contributed by atoms with Gasteiger partial charge in [-0.25, -0.2) is 15.0 Å². The van der Waals surface area contributed by atoms with Gasteiger partial charge in [-0.3, -0.25) is 9.59 Å². The van der Waals surface area contributed by atoms with Crippen molar-refractivity contribution in [1.29, 1.82) is 0 Å². The minimum atomic E-state index is -0.994. The van der Waals surface area contributed by atoms with E-state index >= 15 is 0 Å². The Hall–Kier alpha value is -4.03. The summed E-state index contributed by atoms with van der Waals surface area (Å²) in [6.45, 7) is 3.56. The van der Waals surface area contributed by atoms with Crippen LogP contribution in [0.1, 0.15) is 69.1 Å². The van der Waals surface area contributed by atoms with Gasteiger partial charge in [0.25, 0.3) is 0 Å². The molecule has 12 heteroatoms. The van der Waals surface area contributed by atoms with Crippen LogP contribution < -0.4 is 20.2 Å². The quantitative estimate of drug-likeness (QED) is 0.0956. The Labute approximate surface area is 239 Å². The lowest BCUT2D eigenvalue weighted by Gasteiger charge is -2.11. The number of hydrogen-bond acceptors (Lipinski definition) is 10. The number of nitrogens with one attached hydrogen (secondary N) is 2. The Morgan fingerprint density at radius 1 is 1.00 bits per heavy atom. The molecule has 2 aromatic heterocycles. The molecule has 1 aliphatic rings. The smallest absolute Gasteiger partial charge is 0.353 e. The van der Waals surface area contributed by atoms with E-state index in [1.54, 1.807) is 49.6 Å². The number of carbonyl (C=O) groups excluding carboxylic acids is 4. The molecule has 3 aromatic rings. The highest BCUT2D eigenvalue weighted by Crippen LogP contribution is 2.38. The van der Waals surface area contributed by atoms with E-state index in [0.29, 0.717) is 32.5 Å². The van der Waals surface area contributed by atoms with Gasteiger partial charge >= 0.3 is 23.8 Å². The molecular weight excluding hydrogens is 554 g/mol. The molecule has 0 unspecified atom stereocenters. The molecule has 2 N–H and O–H groups in total. The van der Waals surface area contributed by atoms with Crippen molar-refractivity contribution >= 4 is 57.1 Å². The zero-order valence-corrected chi connectivity index (χ0v) is 24.0. The van der Waals surface area contributed by atoms with E-state index in [-0.39, 0.29) is 12.4 Å². The van der Waals surface area contributed by atoms with Crippen LogP contribution in [0.2, 0.25) is 0 Å². The number of methoxy groups -OCH3 is 1. The topological polar surface area (TPSA) is 132 Å². The van der Waals surface area contributed by atoms with E-state index in [0.717, 1.165) is 42.5 Å². The number of ether oxygens (including phenoxy) is 3. The number of aryl methyl sites for hydroxylation is 1. The van der Waals surface area contributed by atoms with E-state index in [9.17, 15) is 19.2 Å². The van der Waals surface area contributed by atoms with Crippen molar-refractivity contribution in [3.8, 4) is 11.5 Å². The van der Waals surface area contributed by atoms with E-state index in [1.807, 2.05) is 0 Å². The molecular formula is C28H29N3O7S2. The lowest BCUT2D eigenvalue weighted by Crippen LogP contribution is -2.33. The maximum atomic E-state index is 12.7. The van der Waals surface area contributed by atoms with Crippen molar-refractivity contribution in [1.82, 2.24) is 5.43 Å². The van der Waals surface area contributed by atoms with Crippen molar-refractivity contribution in [2.24, 2.45) is 5.10 Å². The van der Waals surface area contributed by atoms with Gasteiger partial charge in [-0.15, -0.1) is 22.7 Å². The molecule has 2 heterocycles. The number of rotatable bonds is 8. The van der Waals surface area contributed by atoms with Gasteiger partial charge in [0.1, 0.15) is 9.88 Å². The standard InChI is InChI=1S/C28H29N3O7S2/c1-4-37-28(35)23-18-9-6-5-7-10-21(18)40-26(23)29-24(32)25(33)31-30-16(2)17-12-13-19(20(15-17)36-3)38-27(34)22-11-8-14-39-22/h8,11-15H,4-7,9-10H2,1-3H3,(H,29,32)(H,31,33)/b30-16+. The van der Waals surface area contributed by atoms with Crippen LogP contribution in [0.3, 0.4) is 0 Å². The molecule has 0 saturated heterocycles. The lowest BCUT2D eigenvalue weighted by molar-refractivity contribution is -0.136. The maximum absolute atomic E-state index is 12.7. The summed E-state index contributed by atoms with van der Waals surface area (Å²) in [5.41, 5.74) is 4.42. The molecule has 1 aromatic carbocycles. The molecule has 210 valence electrons. The second-order valence-electron chi connectivity index (χ2n) is 8.81. The van der Waals surface area contributed by atoms with Gasteiger partial charge in [0.2, 0.25) is 0 Å². The van der Waals surface area contributed by atoms with Crippen LogP contribution in [0.4, 0.5) is 5.00 Å². The van der Waals surface area contributed by atoms with Crippen molar-refractivity contribution in [2.75, 3.05) is 19.0 Å². The van der Waals surface area contributed by atoms with Gasteiger partial charge in [-0.2, -0.15) is 5.10 Å². The largest absolute Gasteiger partial charge is 0.493 e. The Bertz CT molecular complexity index is 1440. The summed E-state index contributed by atoms with van der Waals surface area (Å²) in [5.74, 6) is -2.43. The number of hydrogen-bond donors (Lipinski definition) is 2. The normalized spacial score (nSPS) is 13.0. The summed E-state index contributed by atoms with van der Waals surface area (Å²) in [6, 6.07) is 8.23. The molecule has 0 fully saturated rings. The summed E-state index contributed by atoms with van der Waals surface area (Å²) in [7, 11) is 1.44. The average molecular weight is 584 g/mol. The minimum absolute atomic E-state index is 0.203. The van der Waals surface area contributed by atoms with Crippen molar-refractivity contribution in [3.05, 3.63) is 62.2 Å². The SMILES string of the molecule is CCOC(=O)c1c(NC(=O)C(=O)N/N=C(\C)c2ccc(OC(=O)c3cccs3)c(OC)c2)sc2c1CCCCC2. The minimum Gasteiger partial charge on any atom is -0.493 e. The third-order valence-corrected chi connectivity index (χ3v) is 8.22. The van der Waals surface area contributed by atoms with Crippen molar-refractivity contribution in [3.63, 3.8) is 0 Å². The summed E-state index contributed by atoms with van der Waals surface area (Å²) in [6.07, 6.45) is 4.55. The lowest BCUT2D eigenvalue weighted by atomic mass is 10.1. The first-order valence-electron chi connectivity index (χ1n) is 12.7. The number of nitrogens with zero attached hydrogens (tertiary/aromatic N) is 1. The number of anilines is 1. The highest BCUT2D eigenvalue weighted by atomic mass is 32.1. The number of carbonyl (C=O) groups is 4. The monoisotopic (exact) mass is 583 g/mol. The van der Waals surface area contributed by atoms with Crippen LogP contribution in [0.15, 0.2) is 40.8 Å². The zero-order chi connectivity index (χ0) is 28.6. The first-order chi connectivity index (χ1) is 19.3. The van der Waals surface area contributed by atoms with E-state index < -0.39 is 23.8 Å². The fourth-order valence-electron chi connectivity index (χ4n) is 4.18. The Balaban J connectivity index is 1.44. The average Bonchev–Trinajstić information content (AvgIpc) is 3.55. The number of thiophene rings is 2. The molecule has 0 bridgehead atoms. The van der Waals surface area contributed by atoms with E-state index in [4.69, 9.17) is 14.2 Å². The Morgan fingerprint density at radius 2 is 1.80 bits per heavy atom. The number of benzene rings is 1. The van der Waals surface area contributed by atoms with Crippen LogP contribution in [0, 0.1) is 0 Å². The number of esters is 2. The zero-order valence-electron chi connectivity index (χ0n) is 22.3. The predicted molar refractivity (Wildman–Crippen MR) is 153 cm³/mol. The van der Waals surface area contributed by atoms with Gasteiger partial charge in [0.05, 0.1) is 25.0 Å². The molecule has 0 atom stereocenters. The van der Waals surface area contributed by atoms with Gasteiger partial charge < -0.3 is 19.5 Å². The van der Waals surface area contributed by atoms with Crippen LogP contribution in [-0.4, -0.2) is 43.2 Å². The molecule has 2 amide bonds. The van der Waals surface area contributed by atoms with Crippen LogP contribution in [-0.2, 0) is 27.2 Å². The third-order valence-electron chi connectivity index (χ3n) is 6.17. The van der Waals surface area contributed by atoms with Crippen LogP contribution >= 0.6 is 22.7 Å². The Morgan fingerprint density at radius 3 is 2.52 bits per heavy atom. The van der Waals surface area contributed by atoms with Crippen LogP contribution in [0.5, 0.6) is 11.5 Å². The van der Waals surface area contributed by atoms with E-state index in [1.165, 1.54) is 29.8 Å². The molecule has 4 rings (SSSR count). The second-order valence-corrected chi connectivity index (χ2v) is 10.9. The first-order valence-corrected chi connectivity index (χ1v) is 14.4. The summed E-state index contributed by atoms with van der Waals surface area (Å²) in [4.78, 5) is 51.8. The summed E-state index contributed by atoms with van der Waals surface area (Å²) >= 11 is 2.57. The molecule has 0 aliphatic heterocycles. The molecule has 0 spiro atoms. The fourth-order valence-corrected chi connectivity index (χ4v) is 6.05. The number of amides is 2. The summed E-state index contributed by atoms with van der Waals surface area (Å²) < 4.78 is 16.0. The third kappa shape index (κ3) is 6.75. The van der Waals surface area contributed by atoms with Crippen LogP contribution in [0.25, 0.3) is 0 Å². The highest BCUT2D eigenvalue weighted by molar-refractivity contribution is 7.17. The van der Waals surface area contributed by atoms with Crippen molar-refractivity contribution in [2.45, 2.75) is 46.0 Å². The van der Waals surface area contributed by atoms with Gasteiger partial charge in [0, 0.05) is 10.4 Å². The molecule has 0 radical (unpaired) electrons. The number of hydrazone groups is 1. The molecule has 40 heavy (non-hydrogen) atoms. The summed E-state index contributed by atoms with van der Waals surface area (Å²) in [5, 5.41) is 8.70. The molecule has 1 aliphatic carbocycles. The predicted octanol–water partition coefficient (Wildman–Crippen LogP) is 4.96. The highest BCUT2D eigenvalue weighted by Gasteiger charge is 2.28. The fraction of sp³-hybridized carbons (Fsp3) is 0.321. The van der Waals surface area contributed by atoms with Gasteiger partial charge in [-0.1, -0.05) is 12.5 Å².